The fourth-order valence-electron chi connectivity index (χ4n) is 3.72. The molecule has 4 rings (SSSR count). The molecule has 0 atom stereocenters. The Bertz CT molecular complexity index is 1210. The third kappa shape index (κ3) is 5.33. The van der Waals surface area contributed by atoms with E-state index in [1.54, 1.807) is 0 Å². The largest absolute Gasteiger partial charge is 0.379 e. The van der Waals surface area contributed by atoms with E-state index in [-0.39, 0.29) is 10.8 Å². The average molecular weight is 486 g/mol. The van der Waals surface area contributed by atoms with Crippen LogP contribution >= 0.6 is 11.3 Å². The Morgan fingerprint density at radius 3 is 2.39 bits per heavy atom. The highest BCUT2D eigenvalue weighted by Gasteiger charge is 2.26. The van der Waals surface area contributed by atoms with Crippen LogP contribution in [0.25, 0.3) is 11.3 Å². The van der Waals surface area contributed by atoms with E-state index in [0.29, 0.717) is 37.0 Å². The lowest BCUT2D eigenvalue weighted by Crippen LogP contribution is -2.40. The minimum Gasteiger partial charge on any atom is -0.379 e. The number of sulfonamides is 1. The standard InChI is InChI=1S/C24H27N3O4S2/c1-3-4-18-5-7-19(8-6-18)22-17(2)32-24(25-22)26-23(28)20-9-11-21(12-10-20)33(29,30)27-13-15-31-16-14-27/h5-12H,3-4,13-16H2,1-2H3,(H,25,26,28). The van der Waals surface area contributed by atoms with Gasteiger partial charge in [-0.25, -0.2) is 13.4 Å². The fraction of sp³-hybridized carbons (Fsp3) is 0.333. The van der Waals surface area contributed by atoms with Gasteiger partial charge in [0, 0.05) is 29.1 Å². The predicted octanol–water partition coefficient (Wildman–Crippen LogP) is 4.34. The van der Waals surface area contributed by atoms with Crippen molar-refractivity contribution < 1.29 is 17.9 Å². The molecular formula is C24H27N3O4S2. The molecule has 1 fully saturated rings. The van der Waals surface area contributed by atoms with Crippen molar-refractivity contribution in [2.24, 2.45) is 0 Å². The number of aryl methyl sites for hydroxylation is 2. The predicted molar refractivity (Wildman–Crippen MR) is 130 cm³/mol. The highest BCUT2D eigenvalue weighted by Crippen LogP contribution is 2.31. The van der Waals surface area contributed by atoms with E-state index in [0.717, 1.165) is 29.0 Å². The topological polar surface area (TPSA) is 88.6 Å². The smallest absolute Gasteiger partial charge is 0.257 e. The first kappa shape index (κ1) is 23.6. The Kier molecular flexibility index (Phi) is 7.23. The summed E-state index contributed by atoms with van der Waals surface area (Å²) in [4.78, 5) is 18.5. The van der Waals surface area contributed by atoms with Crippen LogP contribution in [0.5, 0.6) is 0 Å². The quantitative estimate of drug-likeness (QED) is 0.538. The summed E-state index contributed by atoms with van der Waals surface area (Å²) in [6.45, 7) is 5.57. The monoisotopic (exact) mass is 485 g/mol. The van der Waals surface area contributed by atoms with Crippen LogP contribution in [0.4, 0.5) is 5.13 Å². The Balaban J connectivity index is 1.46. The van der Waals surface area contributed by atoms with Crippen LogP contribution in [-0.4, -0.2) is 49.9 Å². The van der Waals surface area contributed by atoms with E-state index in [1.807, 2.05) is 6.92 Å². The van der Waals surface area contributed by atoms with E-state index < -0.39 is 10.0 Å². The zero-order valence-corrected chi connectivity index (χ0v) is 20.3. The van der Waals surface area contributed by atoms with Gasteiger partial charge in [0.2, 0.25) is 10.0 Å². The summed E-state index contributed by atoms with van der Waals surface area (Å²) < 4.78 is 32.1. The second-order valence-corrected chi connectivity index (χ2v) is 11.0. The lowest BCUT2D eigenvalue weighted by atomic mass is 10.1. The molecule has 2 heterocycles. The van der Waals surface area contributed by atoms with Gasteiger partial charge >= 0.3 is 0 Å². The van der Waals surface area contributed by atoms with Gasteiger partial charge in [-0.2, -0.15) is 4.31 Å². The third-order valence-corrected chi connectivity index (χ3v) is 8.31. The van der Waals surface area contributed by atoms with Crippen molar-refractivity contribution in [2.75, 3.05) is 31.6 Å². The first-order valence-electron chi connectivity index (χ1n) is 10.9. The van der Waals surface area contributed by atoms with Gasteiger partial charge in [-0.3, -0.25) is 10.1 Å². The molecule has 0 saturated carbocycles. The normalized spacial score (nSPS) is 14.8. The first-order chi connectivity index (χ1) is 15.9. The van der Waals surface area contributed by atoms with Crippen molar-refractivity contribution in [1.29, 1.82) is 0 Å². The van der Waals surface area contributed by atoms with Crippen molar-refractivity contribution in [3.05, 3.63) is 64.5 Å². The van der Waals surface area contributed by atoms with Gasteiger partial charge < -0.3 is 4.74 Å². The van der Waals surface area contributed by atoms with Crippen LogP contribution in [0.1, 0.15) is 34.1 Å². The van der Waals surface area contributed by atoms with Crippen molar-refractivity contribution in [3.8, 4) is 11.3 Å². The number of ether oxygens (including phenoxy) is 1. The molecule has 0 bridgehead atoms. The lowest BCUT2D eigenvalue weighted by molar-refractivity contribution is 0.0730. The van der Waals surface area contributed by atoms with Gasteiger partial charge in [-0.15, -0.1) is 11.3 Å². The van der Waals surface area contributed by atoms with Gasteiger partial charge in [0.05, 0.1) is 23.8 Å². The second kappa shape index (κ2) is 10.1. The summed E-state index contributed by atoms with van der Waals surface area (Å²) in [6, 6.07) is 14.3. The number of carbonyl (C=O) groups is 1. The maximum absolute atomic E-state index is 12.8. The number of amides is 1. The summed E-state index contributed by atoms with van der Waals surface area (Å²) in [6.07, 6.45) is 2.15. The first-order valence-corrected chi connectivity index (χ1v) is 13.2. The molecule has 3 aromatic rings. The number of nitrogens with one attached hydrogen (secondary N) is 1. The van der Waals surface area contributed by atoms with E-state index >= 15 is 0 Å². The summed E-state index contributed by atoms with van der Waals surface area (Å²) in [5.41, 5.74) is 3.53. The highest BCUT2D eigenvalue weighted by atomic mass is 32.2. The number of morpholine rings is 1. The highest BCUT2D eigenvalue weighted by molar-refractivity contribution is 7.89. The van der Waals surface area contributed by atoms with Crippen molar-refractivity contribution in [1.82, 2.24) is 9.29 Å². The molecule has 1 aromatic heterocycles. The molecular weight excluding hydrogens is 458 g/mol. The molecule has 0 radical (unpaired) electrons. The van der Waals surface area contributed by atoms with Crippen LogP contribution in [0.3, 0.4) is 0 Å². The van der Waals surface area contributed by atoms with Crippen LogP contribution in [0.15, 0.2) is 53.4 Å². The Morgan fingerprint density at radius 1 is 1.09 bits per heavy atom. The second-order valence-electron chi connectivity index (χ2n) is 7.87. The molecule has 9 heteroatoms. The van der Waals surface area contributed by atoms with Crippen molar-refractivity contribution >= 4 is 32.4 Å². The molecule has 1 aliphatic rings. The number of thiazole rings is 1. The fourth-order valence-corrected chi connectivity index (χ4v) is 5.96. The van der Waals surface area contributed by atoms with Crippen LogP contribution in [0.2, 0.25) is 0 Å². The number of hydrogen-bond acceptors (Lipinski definition) is 6. The SMILES string of the molecule is CCCc1ccc(-c2nc(NC(=O)c3ccc(S(=O)(=O)N4CCOCC4)cc3)sc2C)cc1. The number of nitrogens with zero attached hydrogens (tertiary/aromatic N) is 2. The third-order valence-electron chi connectivity index (χ3n) is 5.51. The summed E-state index contributed by atoms with van der Waals surface area (Å²) in [5, 5.41) is 3.34. The molecule has 0 spiro atoms. The number of aromatic nitrogens is 1. The Morgan fingerprint density at radius 2 is 1.76 bits per heavy atom. The Labute approximate surface area is 198 Å². The lowest BCUT2D eigenvalue weighted by Gasteiger charge is -2.26. The van der Waals surface area contributed by atoms with E-state index in [4.69, 9.17) is 4.74 Å². The molecule has 7 nitrogen and oxygen atoms in total. The molecule has 0 unspecified atom stereocenters. The minimum absolute atomic E-state index is 0.167. The van der Waals surface area contributed by atoms with Crippen LogP contribution in [-0.2, 0) is 21.2 Å². The Hall–Kier alpha value is -2.59. The van der Waals surface area contributed by atoms with Gasteiger partial charge in [-0.1, -0.05) is 37.6 Å². The van der Waals surface area contributed by atoms with E-state index in [1.165, 1.54) is 45.5 Å². The maximum atomic E-state index is 12.8. The molecule has 33 heavy (non-hydrogen) atoms. The van der Waals surface area contributed by atoms with Gasteiger partial charge in [-0.05, 0) is 43.2 Å². The summed E-state index contributed by atoms with van der Waals surface area (Å²) in [5.74, 6) is -0.330. The zero-order chi connectivity index (χ0) is 23.4. The van der Waals surface area contributed by atoms with Gasteiger partial charge in [0.1, 0.15) is 0 Å². The summed E-state index contributed by atoms with van der Waals surface area (Å²) >= 11 is 1.42. The average Bonchev–Trinajstić information content (AvgIpc) is 3.20. The van der Waals surface area contributed by atoms with Crippen molar-refractivity contribution in [2.45, 2.75) is 31.6 Å². The van der Waals surface area contributed by atoms with E-state index in [2.05, 4.69) is 41.5 Å². The molecule has 2 aromatic carbocycles. The molecule has 0 aliphatic carbocycles. The van der Waals surface area contributed by atoms with Crippen LogP contribution in [0, 0.1) is 6.92 Å². The molecule has 174 valence electrons. The van der Waals surface area contributed by atoms with Crippen molar-refractivity contribution in [3.63, 3.8) is 0 Å². The number of hydrogen-bond donors (Lipinski definition) is 1. The molecule has 1 aliphatic heterocycles. The zero-order valence-electron chi connectivity index (χ0n) is 18.7. The van der Waals surface area contributed by atoms with Gasteiger partial charge in [0.25, 0.3) is 5.91 Å². The number of rotatable bonds is 7. The molecule has 1 saturated heterocycles. The maximum Gasteiger partial charge on any atom is 0.257 e. The molecule has 1 amide bonds. The minimum atomic E-state index is -3.59. The summed E-state index contributed by atoms with van der Waals surface area (Å²) in [7, 11) is -3.59. The number of carbonyl (C=O) groups excluding carboxylic acids is 1. The van der Waals surface area contributed by atoms with Crippen LogP contribution < -0.4 is 5.32 Å². The van der Waals surface area contributed by atoms with Gasteiger partial charge in [0.15, 0.2) is 5.13 Å². The number of benzene rings is 2. The molecule has 1 N–H and O–H groups in total. The van der Waals surface area contributed by atoms with E-state index in [9.17, 15) is 13.2 Å². The number of anilines is 1.